The van der Waals surface area contributed by atoms with Gasteiger partial charge in [0.1, 0.15) is 5.75 Å². The largest absolute Gasteiger partial charge is 0.508 e. The number of nitrogens with zero attached hydrogens (tertiary/aromatic N) is 1. The number of rotatable bonds is 5. The maximum Gasteiger partial charge on any atom is 0.120 e. The topological polar surface area (TPSA) is 57.2 Å². The molecule has 0 saturated carbocycles. The maximum absolute atomic E-state index is 10.0. The third kappa shape index (κ3) is 4.75. The number of anilines is 2. The number of halogens is 2. The number of pyridine rings is 1. The van der Waals surface area contributed by atoms with Crippen molar-refractivity contribution in [1.29, 1.82) is 0 Å². The summed E-state index contributed by atoms with van der Waals surface area (Å²) in [7, 11) is 0. The molecule has 0 aliphatic rings. The van der Waals surface area contributed by atoms with Gasteiger partial charge in [0.05, 0.1) is 5.52 Å². The first kappa shape index (κ1) is 19.3. The van der Waals surface area contributed by atoms with Gasteiger partial charge in [-0.05, 0) is 42.5 Å². The summed E-state index contributed by atoms with van der Waals surface area (Å²) in [5, 5.41) is 18.4. The van der Waals surface area contributed by atoms with Gasteiger partial charge in [-0.25, -0.2) is 0 Å². The molecule has 0 radical (unpaired) electrons. The first-order valence-corrected chi connectivity index (χ1v) is 8.27. The second-order valence-electron chi connectivity index (χ2n) is 6.02. The maximum atomic E-state index is 10.0. The van der Waals surface area contributed by atoms with Crippen LogP contribution in [0.1, 0.15) is 19.4 Å². The zero-order chi connectivity index (χ0) is 17.1. The number of fused-ring (bicyclic) bond motifs is 1. The van der Waals surface area contributed by atoms with E-state index in [1.165, 1.54) is 0 Å². The zero-order valence-corrected chi connectivity index (χ0v) is 15.7. The lowest BCUT2D eigenvalue weighted by atomic mass is 10.1. The molecule has 4 nitrogen and oxygen atoms in total. The fraction of sp³-hybridized carbons (Fsp3) is 0.211. The highest BCUT2D eigenvalue weighted by atomic mass is 35.5. The molecule has 1 aromatic heterocycles. The van der Waals surface area contributed by atoms with Gasteiger partial charge < -0.3 is 15.7 Å². The molecule has 0 spiro atoms. The Labute approximate surface area is 158 Å². The van der Waals surface area contributed by atoms with E-state index in [0.717, 1.165) is 27.8 Å². The van der Waals surface area contributed by atoms with Crippen molar-refractivity contribution in [1.82, 2.24) is 10.3 Å². The van der Waals surface area contributed by atoms with E-state index in [1.54, 1.807) is 12.3 Å². The molecule has 0 aliphatic carbocycles. The monoisotopic (exact) mass is 377 g/mol. The molecular formula is C19H21Cl2N3O. The van der Waals surface area contributed by atoms with Crippen molar-refractivity contribution in [3.63, 3.8) is 0 Å². The van der Waals surface area contributed by atoms with Crippen LogP contribution in [0.4, 0.5) is 11.4 Å². The summed E-state index contributed by atoms with van der Waals surface area (Å²) in [4.78, 5) is 4.35. The number of aromatic hydroxyl groups is 1. The molecule has 0 fully saturated rings. The van der Waals surface area contributed by atoms with Gasteiger partial charge in [-0.15, -0.1) is 12.4 Å². The van der Waals surface area contributed by atoms with Crippen molar-refractivity contribution in [3.8, 4) is 5.75 Å². The van der Waals surface area contributed by atoms with Crippen LogP contribution in [0.2, 0.25) is 5.02 Å². The van der Waals surface area contributed by atoms with Crippen molar-refractivity contribution in [2.24, 2.45) is 0 Å². The van der Waals surface area contributed by atoms with Gasteiger partial charge in [0.2, 0.25) is 0 Å². The molecule has 132 valence electrons. The van der Waals surface area contributed by atoms with E-state index in [-0.39, 0.29) is 12.4 Å². The van der Waals surface area contributed by atoms with Crippen LogP contribution in [0.15, 0.2) is 48.7 Å². The Morgan fingerprint density at radius 1 is 1.12 bits per heavy atom. The second-order valence-corrected chi connectivity index (χ2v) is 6.46. The van der Waals surface area contributed by atoms with Crippen LogP contribution in [0.3, 0.4) is 0 Å². The standard InChI is InChI=1S/C19H20ClN3O.ClH/c1-12(2)22-11-13-9-15(4-6-19(13)24)23-17-7-8-21-18-10-14(20)3-5-16(17)18;/h3-10,12,22,24H,11H2,1-2H3,(H,21,23);1H. The highest BCUT2D eigenvalue weighted by molar-refractivity contribution is 6.31. The average molecular weight is 378 g/mol. The summed E-state index contributed by atoms with van der Waals surface area (Å²) in [6.07, 6.45) is 1.75. The molecule has 0 amide bonds. The van der Waals surface area contributed by atoms with Gasteiger partial charge in [0.25, 0.3) is 0 Å². The quantitative estimate of drug-likeness (QED) is 0.531. The van der Waals surface area contributed by atoms with Crippen LogP contribution in [-0.4, -0.2) is 16.1 Å². The van der Waals surface area contributed by atoms with Gasteiger partial charge in [0.15, 0.2) is 0 Å². The van der Waals surface area contributed by atoms with E-state index >= 15 is 0 Å². The smallest absolute Gasteiger partial charge is 0.120 e. The highest BCUT2D eigenvalue weighted by Gasteiger charge is 2.07. The number of nitrogens with one attached hydrogen (secondary N) is 2. The molecule has 0 saturated heterocycles. The molecule has 3 rings (SSSR count). The molecule has 0 bridgehead atoms. The fourth-order valence-corrected chi connectivity index (χ4v) is 2.67. The van der Waals surface area contributed by atoms with Crippen molar-refractivity contribution in [3.05, 3.63) is 59.2 Å². The van der Waals surface area contributed by atoms with Crippen LogP contribution in [0, 0.1) is 0 Å². The Morgan fingerprint density at radius 3 is 2.68 bits per heavy atom. The minimum atomic E-state index is 0. The van der Waals surface area contributed by atoms with E-state index in [2.05, 4.69) is 29.5 Å². The number of phenolic OH excluding ortho intramolecular Hbond substituents is 1. The lowest BCUT2D eigenvalue weighted by Crippen LogP contribution is -2.21. The number of hydrogen-bond donors (Lipinski definition) is 3. The van der Waals surface area contributed by atoms with Gasteiger partial charge in [-0.1, -0.05) is 25.4 Å². The Hall–Kier alpha value is -2.01. The molecule has 3 N–H and O–H groups in total. The Morgan fingerprint density at radius 2 is 1.92 bits per heavy atom. The van der Waals surface area contributed by atoms with E-state index in [9.17, 15) is 5.11 Å². The second kappa shape index (κ2) is 8.39. The van der Waals surface area contributed by atoms with E-state index in [4.69, 9.17) is 11.6 Å². The Kier molecular flexibility index (Phi) is 6.48. The van der Waals surface area contributed by atoms with Gasteiger partial charge in [-0.2, -0.15) is 0 Å². The van der Waals surface area contributed by atoms with E-state index in [1.807, 2.05) is 36.4 Å². The first-order valence-electron chi connectivity index (χ1n) is 7.89. The van der Waals surface area contributed by atoms with Crippen LogP contribution < -0.4 is 10.6 Å². The van der Waals surface area contributed by atoms with Crippen LogP contribution in [0.25, 0.3) is 10.9 Å². The molecule has 0 unspecified atom stereocenters. The van der Waals surface area contributed by atoms with Crippen LogP contribution in [0.5, 0.6) is 5.75 Å². The highest BCUT2D eigenvalue weighted by Crippen LogP contribution is 2.29. The van der Waals surface area contributed by atoms with Crippen molar-refractivity contribution in [2.45, 2.75) is 26.4 Å². The molecule has 2 aromatic carbocycles. The lowest BCUT2D eigenvalue weighted by Gasteiger charge is -2.13. The normalized spacial score (nSPS) is 10.7. The van der Waals surface area contributed by atoms with Gasteiger partial charge >= 0.3 is 0 Å². The summed E-state index contributed by atoms with van der Waals surface area (Å²) in [5.41, 5.74) is 3.56. The van der Waals surface area contributed by atoms with Crippen molar-refractivity contribution in [2.75, 3.05) is 5.32 Å². The number of benzene rings is 2. The summed E-state index contributed by atoms with van der Waals surface area (Å²) in [6, 6.07) is 13.4. The van der Waals surface area contributed by atoms with Gasteiger partial charge in [-0.3, -0.25) is 4.98 Å². The summed E-state index contributed by atoms with van der Waals surface area (Å²) < 4.78 is 0. The lowest BCUT2D eigenvalue weighted by molar-refractivity contribution is 0.461. The van der Waals surface area contributed by atoms with E-state index in [0.29, 0.717) is 23.4 Å². The number of hydrogen-bond acceptors (Lipinski definition) is 4. The van der Waals surface area contributed by atoms with Crippen LogP contribution in [-0.2, 0) is 6.54 Å². The average Bonchev–Trinajstić information content (AvgIpc) is 2.55. The summed E-state index contributed by atoms with van der Waals surface area (Å²) in [5.74, 6) is 0.292. The van der Waals surface area contributed by atoms with Crippen molar-refractivity contribution < 1.29 is 5.11 Å². The third-order valence-corrected chi connectivity index (χ3v) is 4.00. The van der Waals surface area contributed by atoms with E-state index < -0.39 is 0 Å². The Balaban J connectivity index is 0.00000225. The minimum Gasteiger partial charge on any atom is -0.508 e. The first-order chi connectivity index (χ1) is 11.5. The molecule has 25 heavy (non-hydrogen) atoms. The van der Waals surface area contributed by atoms with Crippen LogP contribution >= 0.6 is 24.0 Å². The Bertz CT molecular complexity index is 868. The molecule has 3 aromatic rings. The molecule has 0 aliphatic heterocycles. The fourth-order valence-electron chi connectivity index (χ4n) is 2.50. The van der Waals surface area contributed by atoms with Crippen molar-refractivity contribution >= 4 is 46.3 Å². The molecule has 0 atom stereocenters. The number of aromatic nitrogens is 1. The number of phenols is 1. The summed E-state index contributed by atoms with van der Waals surface area (Å²) >= 11 is 6.03. The predicted molar refractivity (Wildman–Crippen MR) is 107 cm³/mol. The SMILES string of the molecule is CC(C)NCc1cc(Nc2ccnc3cc(Cl)ccc23)ccc1O.Cl. The minimum absolute atomic E-state index is 0. The molecule has 1 heterocycles. The predicted octanol–water partition coefficient (Wildman–Crippen LogP) is 5.26. The molecular weight excluding hydrogens is 357 g/mol. The molecule has 6 heteroatoms. The van der Waals surface area contributed by atoms with Gasteiger partial charge in [0, 0.05) is 46.1 Å². The summed E-state index contributed by atoms with van der Waals surface area (Å²) in [6.45, 7) is 4.77. The zero-order valence-electron chi connectivity index (χ0n) is 14.1. The third-order valence-electron chi connectivity index (χ3n) is 3.76.